The summed E-state index contributed by atoms with van der Waals surface area (Å²) >= 11 is 0. The minimum absolute atomic E-state index is 0.153. The quantitative estimate of drug-likeness (QED) is 0.946. The van der Waals surface area contributed by atoms with E-state index in [2.05, 4.69) is 17.1 Å². The van der Waals surface area contributed by atoms with Crippen LogP contribution in [0.15, 0.2) is 47.3 Å². The van der Waals surface area contributed by atoms with Crippen molar-refractivity contribution in [3.8, 4) is 0 Å². The van der Waals surface area contributed by atoms with Crippen LogP contribution in [-0.4, -0.2) is 28.4 Å². The molecular formula is C18H20N2O2. The Hall–Kier alpha value is -2.36. The van der Waals surface area contributed by atoms with E-state index in [0.717, 1.165) is 31.5 Å². The van der Waals surface area contributed by atoms with Gasteiger partial charge in [-0.2, -0.15) is 0 Å². The van der Waals surface area contributed by atoms with E-state index >= 15 is 0 Å². The Labute approximate surface area is 129 Å². The Morgan fingerprint density at radius 1 is 1.23 bits per heavy atom. The highest BCUT2D eigenvalue weighted by atomic mass is 16.2. The fourth-order valence-electron chi connectivity index (χ4n) is 3.10. The fourth-order valence-corrected chi connectivity index (χ4v) is 3.10. The minimum atomic E-state index is -0.296. The van der Waals surface area contributed by atoms with Crippen LogP contribution in [0.2, 0.25) is 0 Å². The predicted molar refractivity (Wildman–Crippen MR) is 86.0 cm³/mol. The van der Waals surface area contributed by atoms with E-state index in [4.69, 9.17) is 0 Å². The van der Waals surface area contributed by atoms with E-state index in [1.807, 2.05) is 30.0 Å². The van der Waals surface area contributed by atoms with Crippen molar-refractivity contribution in [1.29, 1.82) is 0 Å². The number of aromatic nitrogens is 1. The van der Waals surface area contributed by atoms with Gasteiger partial charge >= 0.3 is 0 Å². The summed E-state index contributed by atoms with van der Waals surface area (Å²) < 4.78 is 0. The molecular weight excluding hydrogens is 276 g/mol. The smallest absolute Gasteiger partial charge is 0.260 e. The maximum Gasteiger partial charge on any atom is 0.260 e. The number of nitrogens with zero attached hydrogens (tertiary/aromatic N) is 1. The number of likely N-dealkylation sites (tertiary alicyclic amines) is 1. The van der Waals surface area contributed by atoms with Crippen LogP contribution < -0.4 is 5.56 Å². The number of H-pyrrole nitrogens is 1. The summed E-state index contributed by atoms with van der Waals surface area (Å²) in [5, 5.41) is 0. The monoisotopic (exact) mass is 296 g/mol. The molecule has 2 aromatic rings. The van der Waals surface area contributed by atoms with Gasteiger partial charge in [-0.05, 0) is 43.9 Å². The molecule has 0 saturated carbocycles. The van der Waals surface area contributed by atoms with Crippen molar-refractivity contribution in [3.63, 3.8) is 0 Å². The largest absolute Gasteiger partial charge is 0.335 e. The van der Waals surface area contributed by atoms with Crippen molar-refractivity contribution in [2.24, 2.45) is 0 Å². The molecule has 1 saturated heterocycles. The average Bonchev–Trinajstić information content (AvgIpc) is 2.96. The Kier molecular flexibility index (Phi) is 4.09. The first-order valence-electron chi connectivity index (χ1n) is 7.70. The highest BCUT2D eigenvalue weighted by Gasteiger charge is 2.30. The lowest BCUT2D eigenvalue weighted by Gasteiger charge is -2.24. The zero-order valence-corrected chi connectivity index (χ0v) is 12.7. The number of carbonyl (C=O) groups is 1. The van der Waals surface area contributed by atoms with Crippen LogP contribution in [0.5, 0.6) is 0 Å². The summed E-state index contributed by atoms with van der Waals surface area (Å²) in [5.41, 5.74) is 1.94. The number of hydrogen-bond acceptors (Lipinski definition) is 2. The van der Waals surface area contributed by atoms with E-state index in [-0.39, 0.29) is 23.1 Å². The lowest BCUT2D eigenvalue weighted by atomic mass is 10.0. The summed E-state index contributed by atoms with van der Waals surface area (Å²) in [6.07, 6.45) is 2.83. The standard InChI is InChI=1S/C18H20N2O2/c1-13-9-10-16(17(21)19-13)18(22)20-11-5-8-15(20)12-14-6-3-2-4-7-14/h2-4,6-7,9-10,15H,5,8,11-12H2,1H3,(H,19,21)/t15-/m1/s1. The molecule has 1 amide bonds. The number of hydrogen-bond donors (Lipinski definition) is 1. The number of aryl methyl sites for hydroxylation is 1. The number of rotatable bonds is 3. The molecule has 1 fully saturated rings. The number of amides is 1. The van der Waals surface area contributed by atoms with E-state index in [0.29, 0.717) is 0 Å². The Morgan fingerprint density at radius 3 is 2.73 bits per heavy atom. The van der Waals surface area contributed by atoms with Gasteiger partial charge in [-0.15, -0.1) is 0 Å². The second-order valence-corrected chi connectivity index (χ2v) is 5.87. The number of pyridine rings is 1. The van der Waals surface area contributed by atoms with Crippen molar-refractivity contribution in [2.75, 3.05) is 6.54 Å². The summed E-state index contributed by atoms with van der Waals surface area (Å²) in [4.78, 5) is 29.2. The van der Waals surface area contributed by atoms with Crippen LogP contribution in [0, 0.1) is 6.92 Å². The number of benzene rings is 1. The third-order valence-electron chi connectivity index (χ3n) is 4.24. The van der Waals surface area contributed by atoms with Gasteiger partial charge in [0, 0.05) is 18.3 Å². The molecule has 4 nitrogen and oxygen atoms in total. The molecule has 1 aliphatic heterocycles. The van der Waals surface area contributed by atoms with Gasteiger partial charge < -0.3 is 9.88 Å². The van der Waals surface area contributed by atoms with Crippen molar-refractivity contribution in [1.82, 2.24) is 9.88 Å². The summed E-state index contributed by atoms with van der Waals surface area (Å²) in [5.74, 6) is -0.153. The molecule has 2 heterocycles. The van der Waals surface area contributed by atoms with Crippen molar-refractivity contribution < 1.29 is 4.79 Å². The zero-order valence-electron chi connectivity index (χ0n) is 12.7. The molecule has 4 heteroatoms. The highest BCUT2D eigenvalue weighted by Crippen LogP contribution is 2.22. The maximum absolute atomic E-state index is 12.7. The molecule has 1 aliphatic rings. The first-order chi connectivity index (χ1) is 10.6. The molecule has 22 heavy (non-hydrogen) atoms. The van der Waals surface area contributed by atoms with E-state index in [1.165, 1.54) is 5.56 Å². The highest BCUT2D eigenvalue weighted by molar-refractivity contribution is 5.94. The van der Waals surface area contributed by atoms with Crippen LogP contribution in [0.1, 0.15) is 34.5 Å². The van der Waals surface area contributed by atoms with Crippen LogP contribution in [0.4, 0.5) is 0 Å². The molecule has 0 radical (unpaired) electrons. The van der Waals surface area contributed by atoms with E-state index in [1.54, 1.807) is 12.1 Å². The molecule has 1 N–H and O–H groups in total. The molecule has 3 rings (SSSR count). The van der Waals surface area contributed by atoms with Gasteiger partial charge in [0.25, 0.3) is 11.5 Å². The van der Waals surface area contributed by atoms with Gasteiger partial charge in [-0.1, -0.05) is 30.3 Å². The number of carbonyl (C=O) groups excluding carboxylic acids is 1. The topological polar surface area (TPSA) is 53.2 Å². The third-order valence-corrected chi connectivity index (χ3v) is 4.24. The van der Waals surface area contributed by atoms with Gasteiger partial charge in [0.2, 0.25) is 0 Å². The SMILES string of the molecule is Cc1ccc(C(=O)N2CCC[C@@H]2Cc2ccccc2)c(=O)[nH]1. The molecule has 0 aliphatic carbocycles. The Morgan fingerprint density at radius 2 is 2.00 bits per heavy atom. The lowest BCUT2D eigenvalue weighted by molar-refractivity contribution is 0.0734. The molecule has 0 unspecified atom stereocenters. The predicted octanol–water partition coefficient (Wildman–Crippen LogP) is 2.53. The normalized spacial score (nSPS) is 17.7. The number of aromatic amines is 1. The second kappa shape index (κ2) is 6.18. The van der Waals surface area contributed by atoms with Gasteiger partial charge in [-0.25, -0.2) is 0 Å². The summed E-state index contributed by atoms with van der Waals surface area (Å²) in [6, 6.07) is 13.8. The maximum atomic E-state index is 12.7. The summed E-state index contributed by atoms with van der Waals surface area (Å²) in [7, 11) is 0. The first kappa shape index (κ1) is 14.6. The van der Waals surface area contributed by atoms with E-state index < -0.39 is 0 Å². The average molecular weight is 296 g/mol. The van der Waals surface area contributed by atoms with Crippen LogP contribution >= 0.6 is 0 Å². The Balaban J connectivity index is 1.80. The summed E-state index contributed by atoms with van der Waals surface area (Å²) in [6.45, 7) is 2.54. The van der Waals surface area contributed by atoms with Crippen molar-refractivity contribution in [2.45, 2.75) is 32.2 Å². The van der Waals surface area contributed by atoms with E-state index in [9.17, 15) is 9.59 Å². The molecule has 0 spiro atoms. The molecule has 114 valence electrons. The van der Waals surface area contributed by atoms with Gasteiger partial charge in [0.15, 0.2) is 0 Å². The second-order valence-electron chi connectivity index (χ2n) is 5.87. The molecule has 1 aromatic heterocycles. The zero-order chi connectivity index (χ0) is 15.5. The van der Waals surface area contributed by atoms with Gasteiger partial charge in [-0.3, -0.25) is 9.59 Å². The minimum Gasteiger partial charge on any atom is -0.335 e. The van der Waals surface area contributed by atoms with Crippen molar-refractivity contribution >= 4 is 5.91 Å². The third kappa shape index (κ3) is 2.96. The molecule has 1 aromatic carbocycles. The lowest BCUT2D eigenvalue weighted by Crippen LogP contribution is -2.39. The van der Waals surface area contributed by atoms with Crippen LogP contribution in [-0.2, 0) is 6.42 Å². The van der Waals surface area contributed by atoms with Crippen LogP contribution in [0.3, 0.4) is 0 Å². The molecule has 1 atom stereocenters. The first-order valence-corrected chi connectivity index (χ1v) is 7.70. The fraction of sp³-hybridized carbons (Fsp3) is 0.333. The van der Waals surface area contributed by atoms with Crippen molar-refractivity contribution in [3.05, 3.63) is 69.6 Å². The van der Waals surface area contributed by atoms with Crippen LogP contribution in [0.25, 0.3) is 0 Å². The molecule has 0 bridgehead atoms. The number of nitrogens with one attached hydrogen (secondary N) is 1. The Bertz CT molecular complexity index is 721. The van der Waals surface area contributed by atoms with Gasteiger partial charge in [0.1, 0.15) is 5.56 Å². The van der Waals surface area contributed by atoms with Gasteiger partial charge in [0.05, 0.1) is 0 Å².